The summed E-state index contributed by atoms with van der Waals surface area (Å²) in [4.78, 5) is 12.3. The number of rotatable bonds is 3. The fourth-order valence-corrected chi connectivity index (χ4v) is 1.92. The highest BCUT2D eigenvalue weighted by Crippen LogP contribution is 2.12. The van der Waals surface area contributed by atoms with Gasteiger partial charge in [0.2, 0.25) is 0 Å². The highest BCUT2D eigenvalue weighted by Gasteiger charge is 2.02. The predicted molar refractivity (Wildman–Crippen MR) is 64.1 cm³/mol. The average Bonchev–Trinajstić information content (AvgIpc) is 2.81. The number of hydrogen-bond donors (Lipinski definition) is 0. The Balaban J connectivity index is 2.16. The first-order valence-corrected chi connectivity index (χ1v) is 5.66. The Morgan fingerprint density at radius 2 is 2.00 bits per heavy atom. The summed E-state index contributed by atoms with van der Waals surface area (Å²) in [5.74, 6) is -0.420. The smallest absolute Gasteiger partial charge is 0.195 e. The van der Waals surface area contributed by atoms with E-state index < -0.39 is 0 Å². The van der Waals surface area contributed by atoms with Crippen molar-refractivity contribution in [3.05, 3.63) is 64.1 Å². The third-order valence-electron chi connectivity index (χ3n) is 2.08. The SMILES string of the molecule is O=C(C=Cc1ccccc1F)c1cccs1. The van der Waals surface area contributed by atoms with Crippen molar-refractivity contribution in [3.8, 4) is 0 Å². The van der Waals surface area contributed by atoms with Crippen molar-refractivity contribution >= 4 is 23.2 Å². The van der Waals surface area contributed by atoms with Gasteiger partial charge in [0.1, 0.15) is 5.82 Å². The zero-order valence-electron chi connectivity index (χ0n) is 8.39. The summed E-state index contributed by atoms with van der Waals surface area (Å²) in [5.41, 5.74) is 0.424. The van der Waals surface area contributed by atoms with Crippen LogP contribution in [0.3, 0.4) is 0 Å². The van der Waals surface area contributed by atoms with Crippen LogP contribution in [0, 0.1) is 5.82 Å². The van der Waals surface area contributed by atoms with E-state index in [9.17, 15) is 9.18 Å². The lowest BCUT2D eigenvalue weighted by Crippen LogP contribution is -1.89. The Kier molecular flexibility index (Phi) is 3.27. The third-order valence-corrected chi connectivity index (χ3v) is 2.97. The highest BCUT2D eigenvalue weighted by atomic mass is 32.1. The molecule has 0 atom stereocenters. The van der Waals surface area contributed by atoms with E-state index >= 15 is 0 Å². The zero-order chi connectivity index (χ0) is 11.4. The lowest BCUT2D eigenvalue weighted by atomic mass is 10.2. The van der Waals surface area contributed by atoms with Gasteiger partial charge in [0.15, 0.2) is 5.78 Å². The third kappa shape index (κ3) is 2.44. The van der Waals surface area contributed by atoms with E-state index in [1.165, 1.54) is 29.6 Å². The monoisotopic (exact) mass is 232 g/mol. The van der Waals surface area contributed by atoms with Gasteiger partial charge in [-0.3, -0.25) is 4.79 Å². The molecule has 0 fully saturated rings. The summed E-state index contributed by atoms with van der Waals surface area (Å²) in [6, 6.07) is 9.92. The van der Waals surface area contributed by atoms with E-state index in [2.05, 4.69) is 0 Å². The molecule has 1 aromatic carbocycles. The average molecular weight is 232 g/mol. The summed E-state index contributed by atoms with van der Waals surface area (Å²) < 4.78 is 13.2. The fourth-order valence-electron chi connectivity index (χ4n) is 1.28. The molecular formula is C13H9FOS. The van der Waals surface area contributed by atoms with Gasteiger partial charge in [-0.15, -0.1) is 11.3 Å². The Morgan fingerprint density at radius 1 is 1.19 bits per heavy atom. The van der Waals surface area contributed by atoms with Crippen molar-refractivity contribution in [2.24, 2.45) is 0 Å². The minimum atomic E-state index is -0.322. The first-order chi connectivity index (χ1) is 7.77. The molecule has 0 aliphatic carbocycles. The largest absolute Gasteiger partial charge is 0.288 e. The van der Waals surface area contributed by atoms with Crippen LogP contribution in [0.2, 0.25) is 0 Å². The number of benzene rings is 1. The maximum atomic E-state index is 13.2. The molecule has 0 N–H and O–H groups in total. The van der Waals surface area contributed by atoms with Crippen LogP contribution in [0.15, 0.2) is 47.9 Å². The molecule has 2 rings (SSSR count). The second-order valence-electron chi connectivity index (χ2n) is 3.20. The van der Waals surface area contributed by atoms with Gasteiger partial charge in [0.25, 0.3) is 0 Å². The van der Waals surface area contributed by atoms with E-state index in [4.69, 9.17) is 0 Å². The zero-order valence-corrected chi connectivity index (χ0v) is 9.21. The topological polar surface area (TPSA) is 17.1 Å². The van der Waals surface area contributed by atoms with E-state index in [0.717, 1.165) is 0 Å². The molecular weight excluding hydrogens is 223 g/mol. The van der Waals surface area contributed by atoms with Crippen molar-refractivity contribution in [3.63, 3.8) is 0 Å². The van der Waals surface area contributed by atoms with Crippen LogP contribution in [-0.4, -0.2) is 5.78 Å². The van der Waals surface area contributed by atoms with E-state index in [1.54, 1.807) is 24.3 Å². The van der Waals surface area contributed by atoms with Gasteiger partial charge >= 0.3 is 0 Å². The molecule has 0 radical (unpaired) electrons. The van der Waals surface area contributed by atoms with Gasteiger partial charge in [0.05, 0.1) is 4.88 Å². The van der Waals surface area contributed by atoms with Crippen LogP contribution in [-0.2, 0) is 0 Å². The molecule has 0 aliphatic rings. The van der Waals surface area contributed by atoms with E-state index in [-0.39, 0.29) is 11.6 Å². The number of carbonyl (C=O) groups is 1. The van der Waals surface area contributed by atoms with Crippen LogP contribution in [0.4, 0.5) is 4.39 Å². The van der Waals surface area contributed by atoms with Crippen LogP contribution >= 0.6 is 11.3 Å². The summed E-state index contributed by atoms with van der Waals surface area (Å²) in [6.07, 6.45) is 2.89. The minimum absolute atomic E-state index is 0.0988. The van der Waals surface area contributed by atoms with Crippen LogP contribution in [0.5, 0.6) is 0 Å². The lowest BCUT2D eigenvalue weighted by Gasteiger charge is -1.94. The molecule has 1 nitrogen and oxygen atoms in total. The molecule has 0 saturated carbocycles. The molecule has 1 heterocycles. The number of carbonyl (C=O) groups excluding carboxylic acids is 1. The number of halogens is 1. The maximum absolute atomic E-state index is 13.2. The van der Waals surface area contributed by atoms with Crippen molar-refractivity contribution in [1.82, 2.24) is 0 Å². The molecule has 0 amide bonds. The Labute approximate surface area is 96.9 Å². The second-order valence-corrected chi connectivity index (χ2v) is 4.14. The minimum Gasteiger partial charge on any atom is -0.288 e. The van der Waals surface area contributed by atoms with E-state index in [1.807, 2.05) is 11.4 Å². The predicted octanol–water partition coefficient (Wildman–Crippen LogP) is 3.78. The molecule has 2 aromatic rings. The van der Waals surface area contributed by atoms with Gasteiger partial charge in [0, 0.05) is 5.56 Å². The number of allylic oxidation sites excluding steroid dienone is 1. The standard InChI is InChI=1S/C13H9FOS/c14-11-5-2-1-4-10(11)7-8-12(15)13-6-3-9-16-13/h1-9H. The summed E-state index contributed by atoms with van der Waals surface area (Å²) in [5, 5.41) is 1.84. The number of ketones is 1. The maximum Gasteiger partial charge on any atom is 0.195 e. The summed E-state index contributed by atoms with van der Waals surface area (Å²) in [6.45, 7) is 0. The van der Waals surface area contributed by atoms with Gasteiger partial charge in [-0.1, -0.05) is 24.3 Å². The number of hydrogen-bond acceptors (Lipinski definition) is 2. The van der Waals surface area contributed by atoms with Gasteiger partial charge in [-0.05, 0) is 29.7 Å². The molecule has 3 heteroatoms. The first kappa shape index (κ1) is 10.8. The van der Waals surface area contributed by atoms with Crippen LogP contribution in [0.1, 0.15) is 15.2 Å². The fraction of sp³-hybridized carbons (Fsp3) is 0. The van der Waals surface area contributed by atoms with Crippen LogP contribution < -0.4 is 0 Å². The normalized spacial score (nSPS) is 10.8. The van der Waals surface area contributed by atoms with Gasteiger partial charge < -0.3 is 0 Å². The molecule has 0 saturated heterocycles. The molecule has 0 bridgehead atoms. The van der Waals surface area contributed by atoms with Crippen molar-refractivity contribution in [2.75, 3.05) is 0 Å². The van der Waals surface area contributed by atoms with Crippen LogP contribution in [0.25, 0.3) is 6.08 Å². The Hall–Kier alpha value is -1.74. The molecule has 1 aromatic heterocycles. The van der Waals surface area contributed by atoms with Gasteiger partial charge in [-0.25, -0.2) is 4.39 Å². The van der Waals surface area contributed by atoms with Gasteiger partial charge in [-0.2, -0.15) is 0 Å². The molecule has 80 valence electrons. The Bertz CT molecular complexity index is 514. The summed E-state index contributed by atoms with van der Waals surface area (Å²) in [7, 11) is 0. The molecule has 16 heavy (non-hydrogen) atoms. The number of thiophene rings is 1. The molecule has 0 unspecified atom stereocenters. The van der Waals surface area contributed by atoms with Crippen molar-refractivity contribution in [1.29, 1.82) is 0 Å². The molecule has 0 spiro atoms. The highest BCUT2D eigenvalue weighted by molar-refractivity contribution is 7.12. The van der Waals surface area contributed by atoms with Crippen molar-refractivity contribution in [2.45, 2.75) is 0 Å². The molecule has 0 aliphatic heterocycles. The quantitative estimate of drug-likeness (QED) is 0.581. The van der Waals surface area contributed by atoms with E-state index in [0.29, 0.717) is 10.4 Å². The second kappa shape index (κ2) is 4.86. The lowest BCUT2D eigenvalue weighted by molar-refractivity contribution is 0.105. The summed E-state index contributed by atoms with van der Waals surface area (Å²) >= 11 is 1.38. The Morgan fingerprint density at radius 3 is 2.69 bits per heavy atom. The van der Waals surface area contributed by atoms with Crippen molar-refractivity contribution < 1.29 is 9.18 Å². The first-order valence-electron chi connectivity index (χ1n) is 4.78.